The van der Waals surface area contributed by atoms with Crippen LogP contribution in [0.1, 0.15) is 43.7 Å². The number of amides is 1. The first-order chi connectivity index (χ1) is 23.0. The lowest BCUT2D eigenvalue weighted by Crippen LogP contribution is -2.27. The van der Waals surface area contributed by atoms with Gasteiger partial charge >= 0.3 is 24.7 Å². The predicted octanol–water partition coefficient (Wildman–Crippen LogP) is 10.1. The van der Waals surface area contributed by atoms with Gasteiger partial charge in [0.2, 0.25) is 0 Å². The molecule has 4 rings (SSSR count). The molecule has 16 heteroatoms. The Morgan fingerprint density at radius 2 is 1.10 bits per heavy atom. The topological polar surface area (TPSA) is 41.6 Å². The van der Waals surface area contributed by atoms with E-state index in [0.29, 0.717) is 41.1 Å². The van der Waals surface area contributed by atoms with Gasteiger partial charge in [0.05, 0.1) is 29.4 Å². The van der Waals surface area contributed by atoms with Gasteiger partial charge in [-0.25, -0.2) is 0 Å². The highest BCUT2D eigenvalue weighted by atomic mass is 19.4. The van der Waals surface area contributed by atoms with Gasteiger partial charge in [-0.05, 0) is 83.9 Å². The number of ether oxygens (including phenoxy) is 1. The Kier molecular flexibility index (Phi) is 12.3. The average Bonchev–Trinajstić information content (AvgIpc) is 3.03. The van der Waals surface area contributed by atoms with E-state index in [1.807, 2.05) is 0 Å². The van der Waals surface area contributed by atoms with Crippen LogP contribution in [0.25, 0.3) is 11.1 Å². The molecule has 0 aliphatic rings. The third-order valence-electron chi connectivity index (χ3n) is 6.98. The lowest BCUT2D eigenvalue weighted by atomic mass is 9.98. The summed E-state index contributed by atoms with van der Waals surface area (Å²) in [6.45, 7) is -0.509. The van der Waals surface area contributed by atoms with Gasteiger partial charge in [0, 0.05) is 25.7 Å². The minimum absolute atomic E-state index is 0.0589. The summed E-state index contributed by atoms with van der Waals surface area (Å²) in [6, 6.07) is 16.3. The molecule has 0 bridgehead atoms. The van der Waals surface area contributed by atoms with Crippen molar-refractivity contribution in [3.05, 3.63) is 124 Å². The molecule has 4 aromatic carbocycles. The predicted molar refractivity (Wildman–Crippen MR) is 160 cm³/mol. The summed E-state index contributed by atoms with van der Waals surface area (Å²) in [5.41, 5.74) is -4.32. The van der Waals surface area contributed by atoms with Crippen LogP contribution in [0.5, 0.6) is 5.75 Å². The Labute approximate surface area is 278 Å². The highest BCUT2D eigenvalue weighted by Gasteiger charge is 2.38. The fourth-order valence-electron chi connectivity index (χ4n) is 4.70. The van der Waals surface area contributed by atoms with E-state index in [1.165, 1.54) is 21.2 Å². The summed E-state index contributed by atoms with van der Waals surface area (Å²) in [6.07, 6.45) is -19.5. The Bertz CT molecular complexity index is 1710. The molecule has 0 fully saturated rings. The van der Waals surface area contributed by atoms with Gasteiger partial charge < -0.3 is 15.0 Å². The second-order valence-electron chi connectivity index (χ2n) is 10.8. The zero-order valence-electron chi connectivity index (χ0n) is 26.3. The normalized spacial score (nSPS) is 12.2. The standard InChI is InChI=1S/C24H19F6NO2.C10H9F6N/c1-31(14-15-10-17(23(25,26)27)13-18(11-15)24(28,29)30)22(32)21-9-4-3-8-20(21)16-6-5-7-19(12-16)33-2;1-17-5-6-2-7(9(11,12)13)4-8(3-6)10(14,15)16/h3-13H,14H2,1-2H3;2-4,17H,5H2,1H3. The van der Waals surface area contributed by atoms with Crippen molar-refractivity contribution in [2.75, 3.05) is 21.2 Å². The summed E-state index contributed by atoms with van der Waals surface area (Å²) in [5.74, 6) is 0.00569. The van der Waals surface area contributed by atoms with Gasteiger partial charge in [-0.2, -0.15) is 52.7 Å². The van der Waals surface area contributed by atoms with Crippen molar-refractivity contribution in [3.8, 4) is 16.9 Å². The summed E-state index contributed by atoms with van der Waals surface area (Å²) in [5, 5.41) is 2.51. The molecule has 0 saturated carbocycles. The van der Waals surface area contributed by atoms with E-state index in [4.69, 9.17) is 4.74 Å². The fourth-order valence-corrected chi connectivity index (χ4v) is 4.70. The van der Waals surface area contributed by atoms with Crippen LogP contribution >= 0.6 is 0 Å². The summed E-state index contributed by atoms with van der Waals surface area (Å²) in [7, 11) is 4.25. The molecule has 0 aliphatic heterocycles. The first-order valence-corrected chi connectivity index (χ1v) is 14.2. The summed E-state index contributed by atoms with van der Waals surface area (Å²) in [4.78, 5) is 14.2. The van der Waals surface area contributed by atoms with E-state index in [9.17, 15) is 57.5 Å². The number of nitrogens with one attached hydrogen (secondary N) is 1. The Morgan fingerprint density at radius 1 is 0.640 bits per heavy atom. The van der Waals surface area contributed by atoms with E-state index in [-0.39, 0.29) is 35.4 Å². The van der Waals surface area contributed by atoms with Gasteiger partial charge in [0.25, 0.3) is 5.91 Å². The average molecular weight is 725 g/mol. The molecule has 1 amide bonds. The molecule has 4 nitrogen and oxygen atoms in total. The number of hydrogen-bond donors (Lipinski definition) is 1. The van der Waals surface area contributed by atoms with Crippen molar-refractivity contribution in [1.29, 1.82) is 0 Å². The van der Waals surface area contributed by atoms with E-state index in [1.54, 1.807) is 48.5 Å². The van der Waals surface area contributed by atoms with Crippen LogP contribution in [0.4, 0.5) is 52.7 Å². The molecule has 0 atom stereocenters. The number of nitrogens with zero attached hydrogens (tertiary/aromatic N) is 1. The molecule has 0 spiro atoms. The minimum Gasteiger partial charge on any atom is -0.497 e. The monoisotopic (exact) mass is 724 g/mol. The van der Waals surface area contributed by atoms with Crippen LogP contribution in [0, 0.1) is 0 Å². The van der Waals surface area contributed by atoms with E-state index < -0.39 is 59.4 Å². The van der Waals surface area contributed by atoms with Crippen molar-refractivity contribution in [2.45, 2.75) is 37.8 Å². The highest BCUT2D eigenvalue weighted by Crippen LogP contribution is 2.38. The highest BCUT2D eigenvalue weighted by molar-refractivity contribution is 6.00. The van der Waals surface area contributed by atoms with Crippen LogP contribution < -0.4 is 10.1 Å². The Balaban J connectivity index is 0.000000335. The molecule has 0 heterocycles. The zero-order chi connectivity index (χ0) is 37.7. The van der Waals surface area contributed by atoms with Gasteiger partial charge in [-0.15, -0.1) is 0 Å². The Hall–Kier alpha value is -4.73. The van der Waals surface area contributed by atoms with Gasteiger partial charge in [0.15, 0.2) is 0 Å². The number of alkyl halides is 12. The number of halogens is 12. The van der Waals surface area contributed by atoms with Crippen LogP contribution in [-0.2, 0) is 37.8 Å². The van der Waals surface area contributed by atoms with Gasteiger partial charge in [0.1, 0.15) is 5.75 Å². The molecule has 270 valence electrons. The van der Waals surface area contributed by atoms with Gasteiger partial charge in [-0.1, -0.05) is 30.3 Å². The maximum atomic E-state index is 13.1. The first kappa shape index (κ1) is 39.7. The molecule has 0 unspecified atom stereocenters. The van der Waals surface area contributed by atoms with Crippen LogP contribution in [0.2, 0.25) is 0 Å². The molecule has 50 heavy (non-hydrogen) atoms. The van der Waals surface area contributed by atoms with Crippen LogP contribution in [0.15, 0.2) is 84.9 Å². The van der Waals surface area contributed by atoms with Crippen molar-refractivity contribution in [2.24, 2.45) is 0 Å². The molecule has 1 N–H and O–H groups in total. The maximum absolute atomic E-state index is 13.1. The van der Waals surface area contributed by atoms with E-state index in [2.05, 4.69) is 5.32 Å². The number of benzene rings is 4. The van der Waals surface area contributed by atoms with Crippen molar-refractivity contribution in [3.63, 3.8) is 0 Å². The van der Waals surface area contributed by atoms with Gasteiger partial charge in [-0.3, -0.25) is 4.79 Å². The van der Waals surface area contributed by atoms with Crippen molar-refractivity contribution < 1.29 is 62.2 Å². The second-order valence-corrected chi connectivity index (χ2v) is 10.8. The lowest BCUT2D eigenvalue weighted by molar-refractivity contribution is -0.144. The largest absolute Gasteiger partial charge is 0.497 e. The third kappa shape index (κ3) is 10.6. The second kappa shape index (κ2) is 15.4. The zero-order valence-corrected chi connectivity index (χ0v) is 26.3. The minimum atomic E-state index is -4.96. The molecule has 4 aromatic rings. The smallest absolute Gasteiger partial charge is 0.416 e. The van der Waals surface area contributed by atoms with E-state index >= 15 is 0 Å². The van der Waals surface area contributed by atoms with Crippen LogP contribution in [-0.4, -0.2) is 32.0 Å². The van der Waals surface area contributed by atoms with Crippen molar-refractivity contribution in [1.82, 2.24) is 10.2 Å². The summed E-state index contributed by atoms with van der Waals surface area (Å²) >= 11 is 0. The number of hydrogen-bond acceptors (Lipinski definition) is 3. The van der Waals surface area contributed by atoms with E-state index in [0.717, 1.165) is 4.90 Å². The number of carbonyl (C=O) groups excluding carboxylic acids is 1. The third-order valence-corrected chi connectivity index (χ3v) is 6.98. The number of carbonyl (C=O) groups is 1. The van der Waals surface area contributed by atoms with Crippen molar-refractivity contribution >= 4 is 5.91 Å². The fraction of sp³-hybridized carbons (Fsp3) is 0.265. The molecule has 0 aliphatic carbocycles. The Morgan fingerprint density at radius 3 is 1.54 bits per heavy atom. The molecular formula is C34H28F12N2O2. The quantitative estimate of drug-likeness (QED) is 0.193. The molecule has 0 saturated heterocycles. The van der Waals surface area contributed by atoms with Crippen LogP contribution in [0.3, 0.4) is 0 Å². The number of methoxy groups -OCH3 is 1. The lowest BCUT2D eigenvalue weighted by Gasteiger charge is -2.21. The maximum Gasteiger partial charge on any atom is 0.416 e. The molecule has 0 aromatic heterocycles. The SMILES string of the molecule is CNCc1cc(C(F)(F)F)cc(C(F)(F)F)c1.COc1cccc(-c2ccccc2C(=O)N(C)Cc2cc(C(F)(F)F)cc(C(F)(F)F)c2)c1. The molecular weight excluding hydrogens is 696 g/mol. The number of rotatable bonds is 7. The first-order valence-electron chi connectivity index (χ1n) is 14.2. The molecule has 0 radical (unpaired) electrons. The summed E-state index contributed by atoms with van der Waals surface area (Å²) < 4.78 is 158.